The number of H-pyrrole nitrogens is 1. The van der Waals surface area contributed by atoms with Gasteiger partial charge in [-0.25, -0.2) is 9.59 Å². The standard InChI is InChI=1S/C28H39N5O6/c1-20-17-32(25(37)31-23(20)35)19-22(34)33(18-21-11-7-5-8-12-21)28(13-9-6-10-14-28)24(36)29-15-16-30-26(38)39-27(2,3)4/h5,7-8,11-12,17H,6,9-10,13-16,18-19H2,1-4H3,(H,29,36)(H,30,38)(H,31,35,37). The molecule has 3 N–H and O–H groups in total. The van der Waals surface area contributed by atoms with Crippen molar-refractivity contribution in [2.75, 3.05) is 13.1 Å². The van der Waals surface area contributed by atoms with E-state index in [4.69, 9.17) is 4.74 Å². The molecule has 212 valence electrons. The first-order valence-electron chi connectivity index (χ1n) is 13.3. The van der Waals surface area contributed by atoms with Gasteiger partial charge in [-0.1, -0.05) is 49.6 Å². The number of nitrogens with zero attached hydrogens (tertiary/aromatic N) is 2. The van der Waals surface area contributed by atoms with Crippen LogP contribution in [-0.4, -0.2) is 56.6 Å². The summed E-state index contributed by atoms with van der Waals surface area (Å²) in [4.78, 5) is 67.6. The maximum atomic E-state index is 13.8. The summed E-state index contributed by atoms with van der Waals surface area (Å²) in [5, 5.41) is 5.53. The van der Waals surface area contributed by atoms with Gasteiger partial charge in [-0.2, -0.15) is 0 Å². The molecule has 2 aromatic rings. The number of hydrogen-bond acceptors (Lipinski definition) is 6. The van der Waals surface area contributed by atoms with E-state index in [-0.39, 0.29) is 32.1 Å². The second-order valence-electron chi connectivity index (χ2n) is 10.9. The van der Waals surface area contributed by atoms with Gasteiger partial charge in [0, 0.05) is 31.4 Å². The van der Waals surface area contributed by atoms with Crippen molar-refractivity contribution < 1.29 is 19.1 Å². The van der Waals surface area contributed by atoms with Crippen LogP contribution in [0.3, 0.4) is 0 Å². The predicted octanol–water partition coefficient (Wildman–Crippen LogP) is 2.22. The molecule has 1 fully saturated rings. The number of aromatic nitrogens is 2. The first-order valence-corrected chi connectivity index (χ1v) is 13.3. The lowest BCUT2D eigenvalue weighted by Gasteiger charge is -2.45. The second-order valence-corrected chi connectivity index (χ2v) is 10.9. The average Bonchev–Trinajstić information content (AvgIpc) is 2.88. The monoisotopic (exact) mass is 541 g/mol. The lowest BCUT2D eigenvalue weighted by atomic mass is 9.79. The number of alkyl carbamates (subject to hydrolysis) is 1. The number of aryl methyl sites for hydroxylation is 1. The third kappa shape index (κ3) is 8.05. The maximum absolute atomic E-state index is 13.8. The van der Waals surface area contributed by atoms with Gasteiger partial charge >= 0.3 is 11.8 Å². The molecular weight excluding hydrogens is 502 g/mol. The summed E-state index contributed by atoms with van der Waals surface area (Å²) in [6, 6.07) is 9.37. The van der Waals surface area contributed by atoms with Gasteiger partial charge in [0.1, 0.15) is 17.7 Å². The molecule has 0 aliphatic heterocycles. The van der Waals surface area contributed by atoms with Crippen LogP contribution in [0.5, 0.6) is 0 Å². The van der Waals surface area contributed by atoms with E-state index in [0.717, 1.165) is 29.4 Å². The fourth-order valence-corrected chi connectivity index (χ4v) is 4.79. The fraction of sp³-hybridized carbons (Fsp3) is 0.536. The van der Waals surface area contributed by atoms with Gasteiger partial charge in [0.15, 0.2) is 0 Å². The number of ether oxygens (including phenoxy) is 1. The Labute approximate surface area is 227 Å². The molecule has 1 aliphatic rings. The minimum atomic E-state index is -1.13. The van der Waals surface area contributed by atoms with E-state index in [2.05, 4.69) is 15.6 Å². The van der Waals surface area contributed by atoms with Crippen LogP contribution in [0.1, 0.15) is 64.0 Å². The molecule has 1 heterocycles. The van der Waals surface area contributed by atoms with Crippen molar-refractivity contribution in [1.82, 2.24) is 25.1 Å². The second kappa shape index (κ2) is 12.8. The third-order valence-corrected chi connectivity index (χ3v) is 6.68. The van der Waals surface area contributed by atoms with Crippen molar-refractivity contribution in [1.29, 1.82) is 0 Å². The summed E-state index contributed by atoms with van der Waals surface area (Å²) < 4.78 is 6.40. The first kappa shape index (κ1) is 29.7. The fourth-order valence-electron chi connectivity index (χ4n) is 4.79. The Kier molecular flexibility index (Phi) is 9.71. The average molecular weight is 542 g/mol. The number of hydrogen-bond donors (Lipinski definition) is 3. The zero-order chi connectivity index (χ0) is 28.6. The highest BCUT2D eigenvalue weighted by atomic mass is 16.6. The van der Waals surface area contributed by atoms with Gasteiger partial charge in [-0.05, 0) is 46.1 Å². The minimum absolute atomic E-state index is 0.159. The number of amides is 3. The van der Waals surface area contributed by atoms with E-state index in [1.165, 1.54) is 6.20 Å². The maximum Gasteiger partial charge on any atom is 0.407 e. The van der Waals surface area contributed by atoms with Crippen molar-refractivity contribution >= 4 is 17.9 Å². The third-order valence-electron chi connectivity index (χ3n) is 6.68. The van der Waals surface area contributed by atoms with Crippen LogP contribution in [0.15, 0.2) is 46.1 Å². The van der Waals surface area contributed by atoms with Crippen LogP contribution >= 0.6 is 0 Å². The van der Waals surface area contributed by atoms with Gasteiger partial charge in [0.25, 0.3) is 5.56 Å². The van der Waals surface area contributed by atoms with E-state index in [1.54, 1.807) is 32.6 Å². The number of nitrogens with one attached hydrogen (secondary N) is 3. The Bertz CT molecular complexity index is 1270. The topological polar surface area (TPSA) is 143 Å². The van der Waals surface area contributed by atoms with Crippen molar-refractivity contribution in [2.45, 2.75) is 84.0 Å². The molecule has 0 saturated heterocycles. The molecule has 1 aromatic carbocycles. The molecule has 3 amide bonds. The quantitative estimate of drug-likeness (QED) is 0.416. The number of benzene rings is 1. The molecule has 1 aromatic heterocycles. The zero-order valence-electron chi connectivity index (χ0n) is 23.2. The zero-order valence-corrected chi connectivity index (χ0v) is 23.2. The van der Waals surface area contributed by atoms with Crippen LogP contribution in [0.25, 0.3) is 0 Å². The highest BCUT2D eigenvalue weighted by molar-refractivity contribution is 5.91. The van der Waals surface area contributed by atoms with E-state index < -0.39 is 34.4 Å². The van der Waals surface area contributed by atoms with Crippen LogP contribution < -0.4 is 21.9 Å². The Morgan fingerprint density at radius 3 is 2.31 bits per heavy atom. The molecule has 0 radical (unpaired) electrons. The molecule has 39 heavy (non-hydrogen) atoms. The highest BCUT2D eigenvalue weighted by Crippen LogP contribution is 2.35. The minimum Gasteiger partial charge on any atom is -0.444 e. The molecule has 11 nitrogen and oxygen atoms in total. The predicted molar refractivity (Wildman–Crippen MR) is 146 cm³/mol. The van der Waals surface area contributed by atoms with Crippen molar-refractivity contribution in [3.8, 4) is 0 Å². The molecule has 11 heteroatoms. The summed E-state index contributed by atoms with van der Waals surface area (Å²) >= 11 is 0. The summed E-state index contributed by atoms with van der Waals surface area (Å²) in [5.74, 6) is -0.709. The molecule has 1 saturated carbocycles. The van der Waals surface area contributed by atoms with Crippen molar-refractivity contribution in [3.63, 3.8) is 0 Å². The Morgan fingerprint density at radius 1 is 1.03 bits per heavy atom. The lowest BCUT2D eigenvalue weighted by molar-refractivity contribution is -0.152. The van der Waals surface area contributed by atoms with E-state index in [0.29, 0.717) is 18.4 Å². The molecule has 0 bridgehead atoms. The smallest absolute Gasteiger partial charge is 0.407 e. The molecule has 0 spiro atoms. The number of aromatic amines is 1. The number of carbonyl (C=O) groups excluding carboxylic acids is 3. The van der Waals surface area contributed by atoms with Gasteiger partial charge in [0.2, 0.25) is 11.8 Å². The number of rotatable bonds is 9. The molecular formula is C28H39N5O6. The van der Waals surface area contributed by atoms with Gasteiger partial charge < -0.3 is 20.3 Å². The Balaban J connectivity index is 1.85. The normalized spacial score (nSPS) is 14.8. The largest absolute Gasteiger partial charge is 0.444 e. The van der Waals surface area contributed by atoms with Crippen molar-refractivity contribution in [2.24, 2.45) is 0 Å². The van der Waals surface area contributed by atoms with Crippen LogP contribution in [-0.2, 0) is 27.4 Å². The molecule has 0 unspecified atom stereocenters. The Morgan fingerprint density at radius 2 is 1.67 bits per heavy atom. The van der Waals surface area contributed by atoms with E-state index >= 15 is 0 Å². The number of carbonyl (C=O) groups is 3. The van der Waals surface area contributed by atoms with Gasteiger partial charge in [-0.3, -0.25) is 23.9 Å². The highest BCUT2D eigenvalue weighted by Gasteiger charge is 2.46. The van der Waals surface area contributed by atoms with Crippen LogP contribution in [0.4, 0.5) is 4.79 Å². The SMILES string of the molecule is Cc1cn(CC(=O)N(Cc2ccccc2)C2(C(=O)NCCNC(=O)OC(C)(C)C)CCCCC2)c(=O)[nH]c1=O. The lowest BCUT2D eigenvalue weighted by Crippen LogP contribution is -2.62. The molecule has 3 rings (SSSR count). The van der Waals surface area contributed by atoms with E-state index in [9.17, 15) is 24.0 Å². The van der Waals surface area contributed by atoms with Crippen LogP contribution in [0, 0.1) is 6.92 Å². The summed E-state index contributed by atoms with van der Waals surface area (Å²) in [6.07, 6.45) is 4.19. The van der Waals surface area contributed by atoms with Gasteiger partial charge in [-0.15, -0.1) is 0 Å². The first-order chi connectivity index (χ1) is 18.4. The summed E-state index contributed by atoms with van der Waals surface area (Å²) in [6.45, 7) is 7.04. The Hall–Kier alpha value is -3.89. The van der Waals surface area contributed by atoms with Gasteiger partial charge in [0.05, 0.1) is 0 Å². The van der Waals surface area contributed by atoms with Crippen molar-refractivity contribution in [3.05, 3.63) is 68.5 Å². The van der Waals surface area contributed by atoms with E-state index in [1.807, 2.05) is 30.3 Å². The summed E-state index contributed by atoms with van der Waals surface area (Å²) in [7, 11) is 0. The molecule has 0 atom stereocenters. The molecule has 1 aliphatic carbocycles. The summed E-state index contributed by atoms with van der Waals surface area (Å²) in [5.41, 5.74) is -1.80. The van der Waals surface area contributed by atoms with Crippen LogP contribution in [0.2, 0.25) is 0 Å².